The molecule has 5 heteroatoms. The van der Waals surface area contributed by atoms with Crippen LogP contribution >= 0.6 is 11.6 Å². The van der Waals surface area contributed by atoms with Crippen molar-refractivity contribution in [2.24, 2.45) is 0 Å². The van der Waals surface area contributed by atoms with Crippen LogP contribution in [0, 0.1) is 6.92 Å². The predicted molar refractivity (Wildman–Crippen MR) is 110 cm³/mol. The van der Waals surface area contributed by atoms with Gasteiger partial charge in [0, 0.05) is 17.6 Å². The smallest absolute Gasteiger partial charge is 0.250 e. The molecule has 4 rings (SSSR count). The summed E-state index contributed by atoms with van der Waals surface area (Å²) in [6, 6.07) is 15.0. The first-order chi connectivity index (χ1) is 13.5. The zero-order valence-corrected chi connectivity index (χ0v) is 16.9. The maximum atomic E-state index is 13.5. The molecule has 4 nitrogen and oxygen atoms in total. The van der Waals surface area contributed by atoms with Gasteiger partial charge in [0.25, 0.3) is 5.91 Å². The van der Waals surface area contributed by atoms with Gasteiger partial charge in [0.15, 0.2) is 0 Å². The van der Waals surface area contributed by atoms with E-state index in [-0.39, 0.29) is 24.4 Å². The van der Waals surface area contributed by atoms with Gasteiger partial charge in [-0.25, -0.2) is 0 Å². The number of carbonyl (C=O) groups excluding carboxylic acids is 2. The molecular weight excluding hydrogens is 372 g/mol. The Kier molecular flexibility index (Phi) is 5.40. The van der Waals surface area contributed by atoms with E-state index in [1.807, 2.05) is 60.4 Å². The van der Waals surface area contributed by atoms with Crippen LogP contribution in [-0.2, 0) is 16.1 Å². The molecular formula is C23H25ClN2O2. The van der Waals surface area contributed by atoms with Gasteiger partial charge in [0.05, 0.1) is 0 Å². The highest BCUT2D eigenvalue weighted by atomic mass is 35.5. The lowest BCUT2D eigenvalue weighted by Gasteiger charge is -2.43. The summed E-state index contributed by atoms with van der Waals surface area (Å²) in [6.07, 6.45) is 4.23. The van der Waals surface area contributed by atoms with E-state index in [1.54, 1.807) is 4.90 Å². The summed E-state index contributed by atoms with van der Waals surface area (Å²) in [5.74, 6) is 0.0133. The molecule has 1 aliphatic carbocycles. The highest BCUT2D eigenvalue weighted by molar-refractivity contribution is 6.31. The topological polar surface area (TPSA) is 40.6 Å². The summed E-state index contributed by atoms with van der Waals surface area (Å²) in [4.78, 5) is 30.2. The standard InChI is InChI=1S/C23H25ClN2O2/c1-16-10-12-17(13-11-16)22-23(28)25(19-7-3-4-8-19)15-21(27)26(22)14-18-6-2-5-9-20(18)24/h2,5-6,9-13,19,22H,3-4,7-8,14-15H2,1H3/t22-/m0/s1. The summed E-state index contributed by atoms with van der Waals surface area (Å²) in [5, 5.41) is 0.614. The van der Waals surface area contributed by atoms with Gasteiger partial charge in [0.2, 0.25) is 5.91 Å². The second kappa shape index (κ2) is 7.96. The van der Waals surface area contributed by atoms with E-state index >= 15 is 0 Å². The Hall–Kier alpha value is -2.33. The normalized spacial score (nSPS) is 20.9. The van der Waals surface area contributed by atoms with Crippen molar-refractivity contribution < 1.29 is 9.59 Å². The molecule has 146 valence electrons. The van der Waals surface area contributed by atoms with E-state index in [0.717, 1.165) is 42.4 Å². The molecule has 1 aliphatic heterocycles. The van der Waals surface area contributed by atoms with Crippen molar-refractivity contribution >= 4 is 23.4 Å². The van der Waals surface area contributed by atoms with E-state index in [1.165, 1.54) is 0 Å². The summed E-state index contributed by atoms with van der Waals surface area (Å²) >= 11 is 6.34. The minimum absolute atomic E-state index is 0.0167. The third-order valence-electron chi connectivity index (χ3n) is 5.91. The van der Waals surface area contributed by atoms with Crippen molar-refractivity contribution in [2.75, 3.05) is 6.54 Å². The highest BCUT2D eigenvalue weighted by Gasteiger charge is 2.43. The molecule has 2 amide bonds. The van der Waals surface area contributed by atoms with Gasteiger partial charge in [-0.1, -0.05) is 72.5 Å². The monoisotopic (exact) mass is 396 g/mol. The molecule has 1 atom stereocenters. The second-order valence-electron chi connectivity index (χ2n) is 7.83. The number of benzene rings is 2. The van der Waals surface area contributed by atoms with Crippen LogP contribution in [-0.4, -0.2) is 34.2 Å². The number of aryl methyl sites for hydroxylation is 1. The van der Waals surface area contributed by atoms with E-state index in [9.17, 15) is 9.59 Å². The van der Waals surface area contributed by atoms with Gasteiger partial charge >= 0.3 is 0 Å². The first-order valence-electron chi connectivity index (χ1n) is 9.94. The molecule has 0 N–H and O–H groups in total. The van der Waals surface area contributed by atoms with E-state index in [0.29, 0.717) is 11.6 Å². The van der Waals surface area contributed by atoms with Crippen LogP contribution in [0.4, 0.5) is 0 Å². The van der Waals surface area contributed by atoms with Crippen molar-refractivity contribution in [1.29, 1.82) is 0 Å². The average Bonchev–Trinajstić information content (AvgIpc) is 3.22. The van der Waals surface area contributed by atoms with Gasteiger partial charge in [-0.2, -0.15) is 0 Å². The molecule has 1 saturated heterocycles. The van der Waals surface area contributed by atoms with Crippen LogP contribution in [0.5, 0.6) is 0 Å². The first kappa shape index (κ1) is 19.0. The molecule has 0 spiro atoms. The second-order valence-corrected chi connectivity index (χ2v) is 8.24. The zero-order valence-electron chi connectivity index (χ0n) is 16.1. The third kappa shape index (κ3) is 3.66. The molecule has 0 aromatic heterocycles. The van der Waals surface area contributed by atoms with Crippen LogP contribution in [0.15, 0.2) is 48.5 Å². The lowest BCUT2D eigenvalue weighted by molar-refractivity contribution is -0.159. The number of carbonyl (C=O) groups is 2. The fourth-order valence-corrected chi connectivity index (χ4v) is 4.53. The Morgan fingerprint density at radius 3 is 2.36 bits per heavy atom. The van der Waals surface area contributed by atoms with Gasteiger partial charge in [-0.05, 0) is 37.0 Å². The van der Waals surface area contributed by atoms with Gasteiger partial charge < -0.3 is 9.80 Å². The number of rotatable bonds is 4. The van der Waals surface area contributed by atoms with E-state index in [4.69, 9.17) is 11.6 Å². The Bertz CT molecular complexity index is 874. The van der Waals surface area contributed by atoms with Crippen LogP contribution < -0.4 is 0 Å². The minimum atomic E-state index is -0.598. The van der Waals surface area contributed by atoms with Crippen molar-refractivity contribution in [1.82, 2.24) is 9.80 Å². The quantitative estimate of drug-likeness (QED) is 0.763. The van der Waals surface area contributed by atoms with Gasteiger partial charge in [0.1, 0.15) is 12.6 Å². The molecule has 0 unspecified atom stereocenters. The average molecular weight is 397 g/mol. The number of piperazine rings is 1. The summed E-state index contributed by atoms with van der Waals surface area (Å²) in [7, 11) is 0. The minimum Gasteiger partial charge on any atom is -0.328 e. The predicted octanol–water partition coefficient (Wildman–Crippen LogP) is 4.50. The molecule has 2 fully saturated rings. The fourth-order valence-electron chi connectivity index (χ4n) is 4.33. The van der Waals surface area contributed by atoms with Gasteiger partial charge in [-0.3, -0.25) is 9.59 Å². The lowest BCUT2D eigenvalue weighted by atomic mass is 9.97. The third-order valence-corrected chi connectivity index (χ3v) is 6.28. The van der Waals surface area contributed by atoms with Crippen LogP contribution in [0.25, 0.3) is 0 Å². The first-order valence-corrected chi connectivity index (χ1v) is 10.3. The van der Waals surface area contributed by atoms with E-state index < -0.39 is 6.04 Å². The summed E-state index contributed by atoms with van der Waals surface area (Å²) in [5.41, 5.74) is 2.85. The van der Waals surface area contributed by atoms with Crippen molar-refractivity contribution in [3.05, 3.63) is 70.2 Å². The largest absolute Gasteiger partial charge is 0.328 e. The molecule has 2 aromatic carbocycles. The van der Waals surface area contributed by atoms with Crippen LogP contribution in [0.2, 0.25) is 5.02 Å². The molecule has 2 aliphatic rings. The number of hydrogen-bond acceptors (Lipinski definition) is 2. The van der Waals surface area contributed by atoms with Crippen LogP contribution in [0.3, 0.4) is 0 Å². The van der Waals surface area contributed by atoms with Crippen molar-refractivity contribution in [2.45, 2.75) is 51.2 Å². The molecule has 28 heavy (non-hydrogen) atoms. The molecule has 0 radical (unpaired) electrons. The lowest BCUT2D eigenvalue weighted by Crippen LogP contribution is -2.57. The van der Waals surface area contributed by atoms with Crippen LogP contribution in [0.1, 0.15) is 48.4 Å². The zero-order chi connectivity index (χ0) is 19.7. The Morgan fingerprint density at radius 2 is 1.68 bits per heavy atom. The van der Waals surface area contributed by atoms with E-state index in [2.05, 4.69) is 0 Å². The SMILES string of the molecule is Cc1ccc([C@H]2C(=O)N(C3CCCC3)CC(=O)N2Cc2ccccc2Cl)cc1. The maximum absolute atomic E-state index is 13.5. The number of hydrogen-bond donors (Lipinski definition) is 0. The maximum Gasteiger partial charge on any atom is 0.250 e. The molecule has 0 bridgehead atoms. The number of halogens is 1. The Morgan fingerprint density at radius 1 is 1.00 bits per heavy atom. The summed E-state index contributed by atoms with van der Waals surface area (Å²) < 4.78 is 0. The Labute approximate surface area is 171 Å². The fraction of sp³-hybridized carbons (Fsp3) is 0.391. The molecule has 1 heterocycles. The number of nitrogens with zero attached hydrogens (tertiary/aromatic N) is 2. The highest BCUT2D eigenvalue weighted by Crippen LogP contribution is 2.34. The molecule has 2 aromatic rings. The molecule has 1 saturated carbocycles. The summed E-state index contributed by atoms with van der Waals surface area (Å²) in [6.45, 7) is 2.52. The van der Waals surface area contributed by atoms with Crippen molar-refractivity contribution in [3.8, 4) is 0 Å². The van der Waals surface area contributed by atoms with Gasteiger partial charge in [-0.15, -0.1) is 0 Å². The Balaban J connectivity index is 1.70. The van der Waals surface area contributed by atoms with Crippen molar-refractivity contribution in [3.63, 3.8) is 0 Å². The number of amides is 2.